The second kappa shape index (κ2) is 19.8. The lowest BCUT2D eigenvalue weighted by Gasteiger charge is -2.16. The number of aliphatic hydroxyl groups excluding tert-OH is 3. The van der Waals surface area contributed by atoms with Crippen molar-refractivity contribution >= 4 is 0 Å². The maximum atomic E-state index is 9.73. The van der Waals surface area contributed by atoms with Crippen LogP contribution in [-0.2, 0) is 0 Å². The van der Waals surface area contributed by atoms with Gasteiger partial charge in [-0.3, -0.25) is 0 Å². The quantitative estimate of drug-likeness (QED) is 0.188. The number of allylic oxidation sites excluding steroid dienone is 8. The molecule has 0 saturated heterocycles. The summed E-state index contributed by atoms with van der Waals surface area (Å²) in [7, 11) is 0. The zero-order valence-corrected chi connectivity index (χ0v) is 22.0. The fourth-order valence-corrected chi connectivity index (χ4v) is 3.69. The highest BCUT2D eigenvalue weighted by atomic mass is 16.3. The molecule has 0 aliphatic heterocycles. The molecule has 188 valence electrons. The molecule has 0 heterocycles. The van der Waals surface area contributed by atoms with Crippen LogP contribution < -0.4 is 0 Å². The van der Waals surface area contributed by atoms with Crippen molar-refractivity contribution in [2.75, 3.05) is 19.8 Å². The van der Waals surface area contributed by atoms with Crippen LogP contribution in [0.3, 0.4) is 0 Å². The van der Waals surface area contributed by atoms with Gasteiger partial charge in [-0.1, -0.05) is 59.3 Å². The van der Waals surface area contributed by atoms with Crippen LogP contribution >= 0.6 is 0 Å². The van der Waals surface area contributed by atoms with Crippen LogP contribution in [0.4, 0.5) is 0 Å². The van der Waals surface area contributed by atoms with E-state index in [-0.39, 0.29) is 19.8 Å². The predicted molar refractivity (Wildman–Crippen MR) is 144 cm³/mol. The normalized spacial score (nSPS) is 14.4. The first kappa shape index (κ1) is 31.3. The standard InChI is InChI=1S/C30H50O3/c1-24(2)10-7-11-26(5)12-8-13-27(6)16-18-30(25(3)4)19-17-28(22-32)14-9-15-29(23-33)20-21-31/h10,12,14,16,20,30-33H,3,7-9,11,13,15,17-19,21-23H2,1-2,4-6H3/b26-12+,27-16+,28-14+,29-20-/t30-/m0/s1. The van der Waals surface area contributed by atoms with Crippen LogP contribution in [0.1, 0.15) is 92.4 Å². The summed E-state index contributed by atoms with van der Waals surface area (Å²) in [5.74, 6) is 0.415. The van der Waals surface area contributed by atoms with E-state index >= 15 is 0 Å². The molecule has 0 spiro atoms. The summed E-state index contributed by atoms with van der Waals surface area (Å²) < 4.78 is 0. The average molecular weight is 459 g/mol. The van der Waals surface area contributed by atoms with Crippen molar-refractivity contribution < 1.29 is 15.3 Å². The molecule has 0 rings (SSSR count). The third-order valence-corrected chi connectivity index (χ3v) is 6.07. The topological polar surface area (TPSA) is 60.7 Å². The summed E-state index contributed by atoms with van der Waals surface area (Å²) >= 11 is 0. The highest BCUT2D eigenvalue weighted by Gasteiger charge is 2.10. The maximum absolute atomic E-state index is 9.73. The summed E-state index contributed by atoms with van der Waals surface area (Å²) in [6.07, 6.45) is 19.5. The van der Waals surface area contributed by atoms with Crippen molar-refractivity contribution in [2.45, 2.75) is 92.4 Å². The lowest BCUT2D eigenvalue weighted by molar-refractivity contribution is 0.315. The fourth-order valence-electron chi connectivity index (χ4n) is 3.69. The molecule has 0 aliphatic rings. The van der Waals surface area contributed by atoms with Gasteiger partial charge >= 0.3 is 0 Å². The van der Waals surface area contributed by atoms with Gasteiger partial charge in [-0.05, 0) is 109 Å². The van der Waals surface area contributed by atoms with Gasteiger partial charge in [0, 0.05) is 0 Å². The van der Waals surface area contributed by atoms with Crippen molar-refractivity contribution in [1.82, 2.24) is 0 Å². The Morgan fingerprint density at radius 3 is 1.76 bits per heavy atom. The molecule has 3 N–H and O–H groups in total. The van der Waals surface area contributed by atoms with Crippen LogP contribution in [0.2, 0.25) is 0 Å². The van der Waals surface area contributed by atoms with E-state index < -0.39 is 0 Å². The van der Waals surface area contributed by atoms with Crippen molar-refractivity contribution in [3.63, 3.8) is 0 Å². The molecule has 0 aromatic heterocycles. The Balaban J connectivity index is 4.61. The summed E-state index contributed by atoms with van der Waals surface area (Å²) in [4.78, 5) is 0. The molecular weight excluding hydrogens is 408 g/mol. The molecular formula is C30H50O3. The van der Waals surface area contributed by atoms with Gasteiger partial charge < -0.3 is 15.3 Å². The van der Waals surface area contributed by atoms with Gasteiger partial charge in [0.15, 0.2) is 0 Å². The molecule has 0 aromatic carbocycles. The van der Waals surface area contributed by atoms with E-state index in [1.807, 2.05) is 0 Å². The van der Waals surface area contributed by atoms with Crippen LogP contribution in [0.25, 0.3) is 0 Å². The van der Waals surface area contributed by atoms with Crippen LogP contribution in [0, 0.1) is 5.92 Å². The lowest BCUT2D eigenvalue weighted by Crippen LogP contribution is -2.03. The SMILES string of the molecule is C=C(C)[C@@H](C/C=C(\C)CC/C=C(\C)CCC=C(C)C)CC/C(=C\CC/C(=C/CO)CO)CO. The smallest absolute Gasteiger partial charge is 0.0642 e. The summed E-state index contributed by atoms with van der Waals surface area (Å²) in [6, 6.07) is 0. The van der Waals surface area contributed by atoms with Gasteiger partial charge in [0.25, 0.3) is 0 Å². The largest absolute Gasteiger partial charge is 0.392 e. The van der Waals surface area contributed by atoms with Crippen molar-refractivity contribution in [1.29, 1.82) is 0 Å². The maximum Gasteiger partial charge on any atom is 0.0642 e. The number of rotatable bonds is 18. The molecule has 0 radical (unpaired) electrons. The first-order valence-corrected chi connectivity index (χ1v) is 12.5. The minimum atomic E-state index is -0.0497. The molecule has 3 nitrogen and oxygen atoms in total. The molecule has 3 heteroatoms. The van der Waals surface area contributed by atoms with Gasteiger partial charge in [0.2, 0.25) is 0 Å². The summed E-state index contributed by atoms with van der Waals surface area (Å²) in [5.41, 5.74) is 7.36. The molecule has 0 saturated carbocycles. The Labute approximate surface area is 204 Å². The van der Waals surface area contributed by atoms with Gasteiger partial charge in [0.05, 0.1) is 19.8 Å². The summed E-state index contributed by atoms with van der Waals surface area (Å²) in [6.45, 7) is 15.0. The van der Waals surface area contributed by atoms with Gasteiger partial charge in [-0.15, -0.1) is 0 Å². The molecule has 0 unspecified atom stereocenters. The minimum Gasteiger partial charge on any atom is -0.392 e. The monoisotopic (exact) mass is 458 g/mol. The van der Waals surface area contributed by atoms with Crippen molar-refractivity contribution in [3.05, 3.63) is 70.4 Å². The molecule has 0 fully saturated rings. The van der Waals surface area contributed by atoms with E-state index in [2.05, 4.69) is 65.5 Å². The fraction of sp³-hybridized carbons (Fsp3) is 0.600. The molecule has 0 bridgehead atoms. The van der Waals surface area contributed by atoms with Crippen LogP contribution in [-0.4, -0.2) is 35.1 Å². The van der Waals surface area contributed by atoms with Crippen molar-refractivity contribution in [2.24, 2.45) is 5.92 Å². The third kappa shape index (κ3) is 17.5. The lowest BCUT2D eigenvalue weighted by atomic mass is 9.89. The van der Waals surface area contributed by atoms with Gasteiger partial charge in [-0.25, -0.2) is 0 Å². The average Bonchev–Trinajstić information content (AvgIpc) is 2.76. The first-order valence-electron chi connectivity index (χ1n) is 12.5. The third-order valence-electron chi connectivity index (χ3n) is 6.07. The second-order valence-electron chi connectivity index (χ2n) is 9.54. The Bertz CT molecular complexity index is 700. The summed E-state index contributed by atoms with van der Waals surface area (Å²) in [5, 5.41) is 28.0. The number of aliphatic hydroxyl groups is 3. The van der Waals surface area contributed by atoms with E-state index in [0.29, 0.717) is 12.3 Å². The van der Waals surface area contributed by atoms with Crippen LogP contribution in [0.15, 0.2) is 70.4 Å². The second-order valence-corrected chi connectivity index (χ2v) is 9.54. The predicted octanol–water partition coefficient (Wildman–Crippen LogP) is 7.38. The van der Waals surface area contributed by atoms with Gasteiger partial charge in [0.1, 0.15) is 0 Å². The van der Waals surface area contributed by atoms with E-state index in [1.165, 1.54) is 22.3 Å². The van der Waals surface area contributed by atoms with Crippen LogP contribution in [0.5, 0.6) is 0 Å². The molecule has 0 aromatic rings. The van der Waals surface area contributed by atoms with E-state index in [4.69, 9.17) is 5.11 Å². The molecule has 0 amide bonds. The first-order chi connectivity index (χ1) is 15.7. The highest BCUT2D eigenvalue weighted by molar-refractivity contribution is 5.11. The van der Waals surface area contributed by atoms with E-state index in [1.54, 1.807) is 6.08 Å². The number of hydrogen-bond acceptors (Lipinski definition) is 3. The Morgan fingerprint density at radius 2 is 1.21 bits per heavy atom. The Morgan fingerprint density at radius 1 is 0.667 bits per heavy atom. The number of hydrogen-bond donors (Lipinski definition) is 3. The van der Waals surface area contributed by atoms with E-state index in [0.717, 1.165) is 62.5 Å². The zero-order chi connectivity index (χ0) is 25.1. The minimum absolute atomic E-state index is 0.0302. The zero-order valence-electron chi connectivity index (χ0n) is 22.0. The Hall–Kier alpha value is -1.68. The van der Waals surface area contributed by atoms with E-state index in [9.17, 15) is 10.2 Å². The molecule has 1 atom stereocenters. The van der Waals surface area contributed by atoms with Crippen molar-refractivity contribution in [3.8, 4) is 0 Å². The highest BCUT2D eigenvalue weighted by Crippen LogP contribution is 2.24. The molecule has 33 heavy (non-hydrogen) atoms. The van der Waals surface area contributed by atoms with Gasteiger partial charge in [-0.2, -0.15) is 0 Å². The molecule has 0 aliphatic carbocycles. The Kier molecular flexibility index (Phi) is 18.8.